The zero-order valence-corrected chi connectivity index (χ0v) is 31.7. The molecular weight excluding hydrogens is 721 g/mol. The van der Waals surface area contributed by atoms with E-state index in [4.69, 9.17) is 19.4 Å². The molecule has 0 amide bonds. The summed E-state index contributed by atoms with van der Waals surface area (Å²) in [6, 6.07) is 68.7. The number of aromatic nitrogens is 3. The van der Waals surface area contributed by atoms with E-state index in [0.29, 0.717) is 23.0 Å². The van der Waals surface area contributed by atoms with E-state index in [0.717, 1.165) is 93.6 Å². The van der Waals surface area contributed by atoms with E-state index in [1.54, 1.807) is 0 Å². The van der Waals surface area contributed by atoms with Gasteiger partial charge in [-0.2, -0.15) is 5.26 Å². The SMILES string of the molecule is N#Cc1ccc(-c2ccc3c4ccc(-c5cccc(-c6nc(-c7ccccc7)nc(-c7cccc(-c8ccccc8)c7)n6)c5)cc4c4oc5ccccc5c4c3c2)cc1. The first-order valence-corrected chi connectivity index (χ1v) is 19.6. The molecule has 0 bridgehead atoms. The first kappa shape index (κ1) is 34.1. The first-order chi connectivity index (χ1) is 29.2. The van der Waals surface area contributed by atoms with E-state index in [-0.39, 0.29) is 0 Å². The van der Waals surface area contributed by atoms with E-state index in [2.05, 4.69) is 127 Å². The predicted octanol–water partition coefficient (Wildman–Crippen LogP) is 14.0. The van der Waals surface area contributed by atoms with E-state index in [1.165, 1.54) is 0 Å². The molecule has 5 nitrogen and oxygen atoms in total. The van der Waals surface area contributed by atoms with Gasteiger partial charge in [0.1, 0.15) is 11.2 Å². The van der Waals surface area contributed by atoms with Gasteiger partial charge in [0.15, 0.2) is 17.5 Å². The summed E-state index contributed by atoms with van der Waals surface area (Å²) in [6.45, 7) is 0. The number of furan rings is 1. The number of benzene rings is 9. The zero-order valence-electron chi connectivity index (χ0n) is 31.7. The van der Waals surface area contributed by atoms with Crippen LogP contribution in [0.2, 0.25) is 0 Å². The van der Waals surface area contributed by atoms with Gasteiger partial charge in [-0.25, -0.2) is 15.0 Å². The summed E-state index contributed by atoms with van der Waals surface area (Å²) in [5, 5.41) is 16.0. The van der Waals surface area contributed by atoms with E-state index in [1.807, 2.05) is 72.8 Å². The van der Waals surface area contributed by atoms with Crippen molar-refractivity contribution in [2.45, 2.75) is 0 Å². The minimum absolute atomic E-state index is 0.602. The van der Waals surface area contributed by atoms with Crippen molar-refractivity contribution in [3.8, 4) is 73.6 Å². The van der Waals surface area contributed by atoms with Gasteiger partial charge < -0.3 is 4.42 Å². The molecule has 0 saturated heterocycles. The Morgan fingerprint density at radius 1 is 0.339 bits per heavy atom. The molecule has 59 heavy (non-hydrogen) atoms. The summed E-state index contributed by atoms with van der Waals surface area (Å²) in [4.78, 5) is 15.2. The summed E-state index contributed by atoms with van der Waals surface area (Å²) in [6.07, 6.45) is 0. The lowest BCUT2D eigenvalue weighted by Gasteiger charge is -2.12. The molecule has 0 unspecified atom stereocenters. The van der Waals surface area contributed by atoms with Gasteiger partial charge in [-0.05, 0) is 92.0 Å². The molecule has 0 saturated carbocycles. The average molecular weight is 753 g/mol. The molecule has 0 spiro atoms. The normalized spacial score (nSPS) is 11.4. The van der Waals surface area contributed by atoms with Gasteiger partial charge in [-0.1, -0.05) is 152 Å². The quantitative estimate of drug-likeness (QED) is 0.158. The average Bonchev–Trinajstić information content (AvgIpc) is 3.72. The highest BCUT2D eigenvalue weighted by atomic mass is 16.3. The van der Waals surface area contributed by atoms with Crippen molar-refractivity contribution < 1.29 is 4.42 Å². The largest absolute Gasteiger partial charge is 0.455 e. The number of nitrogens with zero attached hydrogens (tertiary/aromatic N) is 4. The Morgan fingerprint density at radius 2 is 0.797 bits per heavy atom. The molecule has 274 valence electrons. The number of para-hydroxylation sites is 1. The standard InChI is InChI=1S/C54H32N4O/c55-33-34-21-23-36(24-22-34)40-25-27-44-45-28-26-41(32-48(45)51-50(47(44)31-40)46-19-7-8-20-49(46)59-51)39-16-10-18-43(30-39)54-57-52(37-13-5-2-6-14-37)56-53(58-54)42-17-9-15-38(29-42)35-11-3-1-4-12-35/h1-32H. The van der Waals surface area contributed by atoms with E-state index < -0.39 is 0 Å². The van der Waals surface area contributed by atoms with Crippen LogP contribution in [0.3, 0.4) is 0 Å². The predicted molar refractivity (Wildman–Crippen MR) is 239 cm³/mol. The Morgan fingerprint density at radius 3 is 1.46 bits per heavy atom. The first-order valence-electron chi connectivity index (χ1n) is 19.6. The molecule has 0 atom stereocenters. The summed E-state index contributed by atoms with van der Waals surface area (Å²) in [5.41, 5.74) is 11.6. The third-order valence-electron chi connectivity index (χ3n) is 11.1. The van der Waals surface area contributed by atoms with E-state index in [9.17, 15) is 5.26 Å². The molecule has 0 radical (unpaired) electrons. The van der Waals surface area contributed by atoms with Gasteiger partial charge in [-0.15, -0.1) is 0 Å². The minimum Gasteiger partial charge on any atom is -0.455 e. The van der Waals surface area contributed by atoms with Crippen molar-refractivity contribution in [1.29, 1.82) is 5.26 Å². The summed E-state index contributed by atoms with van der Waals surface area (Å²) in [7, 11) is 0. The maximum Gasteiger partial charge on any atom is 0.164 e. The van der Waals surface area contributed by atoms with Crippen LogP contribution in [-0.2, 0) is 0 Å². The van der Waals surface area contributed by atoms with Crippen molar-refractivity contribution in [3.63, 3.8) is 0 Å². The zero-order chi connectivity index (χ0) is 39.3. The maximum atomic E-state index is 9.36. The molecule has 0 aliphatic rings. The fourth-order valence-corrected chi connectivity index (χ4v) is 8.21. The lowest BCUT2D eigenvalue weighted by Crippen LogP contribution is -2.00. The molecule has 0 aliphatic carbocycles. The summed E-state index contributed by atoms with van der Waals surface area (Å²) >= 11 is 0. The third kappa shape index (κ3) is 6.08. The topological polar surface area (TPSA) is 75.6 Å². The molecule has 0 fully saturated rings. The molecule has 11 aromatic rings. The van der Waals surface area contributed by atoms with Crippen molar-refractivity contribution in [3.05, 3.63) is 200 Å². The Labute approximate surface area is 340 Å². The van der Waals surface area contributed by atoms with Crippen LogP contribution in [0.25, 0.3) is 111 Å². The number of nitriles is 1. The van der Waals surface area contributed by atoms with Crippen molar-refractivity contribution >= 4 is 43.5 Å². The highest BCUT2D eigenvalue weighted by Gasteiger charge is 2.18. The van der Waals surface area contributed by atoms with Crippen molar-refractivity contribution in [2.24, 2.45) is 0 Å². The molecule has 2 aromatic heterocycles. The van der Waals surface area contributed by atoms with Crippen LogP contribution in [0.5, 0.6) is 0 Å². The van der Waals surface area contributed by atoms with Crippen LogP contribution < -0.4 is 0 Å². The van der Waals surface area contributed by atoms with Gasteiger partial charge in [-0.3, -0.25) is 0 Å². The van der Waals surface area contributed by atoms with Crippen LogP contribution >= 0.6 is 0 Å². The second kappa shape index (κ2) is 14.1. The Balaban J connectivity index is 1.05. The van der Waals surface area contributed by atoms with Crippen LogP contribution in [-0.4, -0.2) is 15.0 Å². The molecule has 5 heteroatoms. The number of hydrogen-bond acceptors (Lipinski definition) is 5. The highest BCUT2D eigenvalue weighted by molar-refractivity contribution is 6.30. The number of hydrogen-bond donors (Lipinski definition) is 0. The van der Waals surface area contributed by atoms with Crippen LogP contribution in [0.4, 0.5) is 0 Å². The Hall–Kier alpha value is -8.20. The van der Waals surface area contributed by atoms with Crippen molar-refractivity contribution in [1.82, 2.24) is 15.0 Å². The lowest BCUT2D eigenvalue weighted by atomic mass is 9.92. The van der Waals surface area contributed by atoms with Gasteiger partial charge in [0.25, 0.3) is 0 Å². The molecular formula is C54H32N4O. The number of fused-ring (bicyclic) bond motifs is 8. The second-order valence-electron chi connectivity index (χ2n) is 14.7. The molecule has 0 aliphatic heterocycles. The highest BCUT2D eigenvalue weighted by Crippen LogP contribution is 2.43. The van der Waals surface area contributed by atoms with E-state index >= 15 is 0 Å². The molecule has 2 heterocycles. The second-order valence-corrected chi connectivity index (χ2v) is 14.7. The molecule has 9 aromatic carbocycles. The lowest BCUT2D eigenvalue weighted by molar-refractivity contribution is 0.673. The fraction of sp³-hybridized carbons (Fsp3) is 0. The van der Waals surface area contributed by atoms with Gasteiger partial charge in [0.05, 0.1) is 11.6 Å². The smallest absolute Gasteiger partial charge is 0.164 e. The number of rotatable bonds is 6. The van der Waals surface area contributed by atoms with Crippen molar-refractivity contribution in [2.75, 3.05) is 0 Å². The Kier molecular flexibility index (Phi) is 8.13. The van der Waals surface area contributed by atoms with Gasteiger partial charge in [0.2, 0.25) is 0 Å². The van der Waals surface area contributed by atoms with Gasteiger partial charge >= 0.3 is 0 Å². The summed E-state index contributed by atoms with van der Waals surface area (Å²) in [5.74, 6) is 1.84. The Bertz CT molecular complexity index is 3440. The molecule has 0 N–H and O–H groups in total. The summed E-state index contributed by atoms with van der Waals surface area (Å²) < 4.78 is 6.72. The van der Waals surface area contributed by atoms with Crippen LogP contribution in [0.15, 0.2) is 199 Å². The van der Waals surface area contributed by atoms with Crippen LogP contribution in [0.1, 0.15) is 5.56 Å². The fourth-order valence-electron chi connectivity index (χ4n) is 8.21. The van der Waals surface area contributed by atoms with Crippen LogP contribution in [0, 0.1) is 11.3 Å². The molecule has 11 rings (SSSR count). The maximum absolute atomic E-state index is 9.36. The monoisotopic (exact) mass is 752 g/mol. The van der Waals surface area contributed by atoms with Gasteiger partial charge in [0, 0.05) is 32.8 Å². The third-order valence-corrected chi connectivity index (χ3v) is 11.1. The minimum atomic E-state index is 0.602.